The molecule has 3 nitrogen and oxygen atoms in total. The molecule has 0 aliphatic heterocycles. The molecule has 0 amide bonds. The minimum Gasteiger partial charge on any atom is -0.379 e. The van der Waals surface area contributed by atoms with Crippen LogP contribution in [0.15, 0.2) is 22.7 Å². The summed E-state index contributed by atoms with van der Waals surface area (Å²) < 4.78 is 3.24. The summed E-state index contributed by atoms with van der Waals surface area (Å²) in [6, 6.07) is 6.78. The second kappa shape index (κ2) is 6.22. The highest BCUT2D eigenvalue weighted by atomic mass is 79.9. The van der Waals surface area contributed by atoms with Gasteiger partial charge in [-0.2, -0.15) is 5.10 Å². The van der Waals surface area contributed by atoms with Crippen molar-refractivity contribution in [2.45, 2.75) is 52.6 Å². The topological polar surface area (TPSA) is 29.9 Å². The molecule has 0 fully saturated rings. The van der Waals surface area contributed by atoms with E-state index in [4.69, 9.17) is 0 Å². The summed E-state index contributed by atoms with van der Waals surface area (Å²) >= 11 is 3.70. The molecule has 0 spiro atoms. The predicted molar refractivity (Wildman–Crippen MR) is 90.8 cm³/mol. The summed E-state index contributed by atoms with van der Waals surface area (Å²) in [6.07, 6.45) is 4.72. The standard InChI is InChI=1S/C17H22BrN3/c1-3-15-17(18)16(21(4-2)20-15)11-19-14-9-8-12-6-5-7-13(12)10-14/h8-10,19H,3-7,11H2,1-2H3. The summed E-state index contributed by atoms with van der Waals surface area (Å²) in [6.45, 7) is 5.99. The van der Waals surface area contributed by atoms with Crippen molar-refractivity contribution >= 4 is 21.6 Å². The van der Waals surface area contributed by atoms with E-state index in [1.54, 1.807) is 0 Å². The van der Waals surface area contributed by atoms with Crippen LogP contribution in [0.25, 0.3) is 0 Å². The summed E-state index contributed by atoms with van der Waals surface area (Å²) in [4.78, 5) is 0. The Bertz CT molecular complexity index is 646. The lowest BCUT2D eigenvalue weighted by Crippen LogP contribution is -2.08. The maximum Gasteiger partial charge on any atom is 0.0767 e. The molecule has 1 heterocycles. The number of fused-ring (bicyclic) bond motifs is 1. The number of hydrogen-bond donors (Lipinski definition) is 1. The molecule has 112 valence electrons. The van der Waals surface area contributed by atoms with Crippen LogP contribution in [-0.2, 0) is 32.4 Å². The lowest BCUT2D eigenvalue weighted by Gasteiger charge is -2.10. The van der Waals surface area contributed by atoms with Crippen LogP contribution >= 0.6 is 15.9 Å². The molecule has 0 unspecified atom stereocenters. The third kappa shape index (κ3) is 2.86. The third-order valence-corrected chi connectivity index (χ3v) is 5.17. The molecule has 1 aromatic heterocycles. The Morgan fingerprint density at radius 3 is 2.81 bits per heavy atom. The van der Waals surface area contributed by atoms with E-state index in [0.29, 0.717) is 0 Å². The first kappa shape index (κ1) is 14.6. The van der Waals surface area contributed by atoms with Crippen LogP contribution in [0.3, 0.4) is 0 Å². The van der Waals surface area contributed by atoms with Crippen molar-refractivity contribution in [2.75, 3.05) is 5.32 Å². The average Bonchev–Trinajstić information content (AvgIpc) is 3.08. The zero-order chi connectivity index (χ0) is 14.8. The highest BCUT2D eigenvalue weighted by Crippen LogP contribution is 2.26. The van der Waals surface area contributed by atoms with Gasteiger partial charge in [0.05, 0.1) is 22.4 Å². The summed E-state index contributed by atoms with van der Waals surface area (Å²) in [5, 5.41) is 8.20. The molecule has 0 saturated carbocycles. The Hall–Kier alpha value is -1.29. The Kier molecular flexibility index (Phi) is 4.34. The number of anilines is 1. The second-order valence-electron chi connectivity index (χ2n) is 5.57. The normalized spacial score (nSPS) is 13.5. The number of hydrogen-bond acceptors (Lipinski definition) is 2. The van der Waals surface area contributed by atoms with Crippen LogP contribution in [0.1, 0.15) is 42.8 Å². The smallest absolute Gasteiger partial charge is 0.0767 e. The van der Waals surface area contributed by atoms with E-state index in [-0.39, 0.29) is 0 Å². The fourth-order valence-electron chi connectivity index (χ4n) is 3.05. The maximum absolute atomic E-state index is 4.65. The Morgan fingerprint density at radius 1 is 1.24 bits per heavy atom. The van der Waals surface area contributed by atoms with Crippen molar-refractivity contribution in [2.24, 2.45) is 0 Å². The fourth-order valence-corrected chi connectivity index (χ4v) is 3.76. The van der Waals surface area contributed by atoms with E-state index in [2.05, 4.69) is 63.1 Å². The van der Waals surface area contributed by atoms with Crippen LogP contribution in [-0.4, -0.2) is 9.78 Å². The van der Waals surface area contributed by atoms with E-state index in [0.717, 1.165) is 29.7 Å². The molecule has 1 N–H and O–H groups in total. The molecule has 0 saturated heterocycles. The van der Waals surface area contributed by atoms with Crippen LogP contribution in [0, 0.1) is 0 Å². The average molecular weight is 348 g/mol. The molecule has 1 aliphatic rings. The van der Waals surface area contributed by atoms with Gasteiger partial charge in [0, 0.05) is 12.2 Å². The molecule has 4 heteroatoms. The number of aromatic nitrogens is 2. The quantitative estimate of drug-likeness (QED) is 0.872. The first-order valence-corrected chi connectivity index (χ1v) is 8.62. The van der Waals surface area contributed by atoms with Gasteiger partial charge in [0.1, 0.15) is 0 Å². The molecule has 1 aliphatic carbocycles. The van der Waals surface area contributed by atoms with Crippen LogP contribution in [0.5, 0.6) is 0 Å². The number of halogens is 1. The van der Waals surface area contributed by atoms with Gasteiger partial charge in [0.15, 0.2) is 0 Å². The van der Waals surface area contributed by atoms with E-state index >= 15 is 0 Å². The van der Waals surface area contributed by atoms with E-state index in [9.17, 15) is 0 Å². The molecule has 0 bridgehead atoms. The zero-order valence-electron chi connectivity index (χ0n) is 12.7. The molecule has 0 atom stereocenters. The second-order valence-corrected chi connectivity index (χ2v) is 6.36. The highest BCUT2D eigenvalue weighted by molar-refractivity contribution is 9.10. The molecular formula is C17H22BrN3. The van der Waals surface area contributed by atoms with Crippen molar-refractivity contribution in [3.63, 3.8) is 0 Å². The predicted octanol–water partition coefficient (Wildman–Crippen LogP) is 4.33. The van der Waals surface area contributed by atoms with Crippen LogP contribution in [0.4, 0.5) is 5.69 Å². The molecule has 21 heavy (non-hydrogen) atoms. The minimum atomic E-state index is 0.806. The molecule has 3 rings (SSSR count). The monoisotopic (exact) mass is 347 g/mol. The maximum atomic E-state index is 4.65. The zero-order valence-corrected chi connectivity index (χ0v) is 14.3. The Morgan fingerprint density at radius 2 is 2.05 bits per heavy atom. The SMILES string of the molecule is CCc1nn(CC)c(CNc2ccc3c(c2)CCC3)c1Br. The summed E-state index contributed by atoms with van der Waals surface area (Å²) in [5.74, 6) is 0. The van der Waals surface area contributed by atoms with Gasteiger partial charge in [-0.05, 0) is 71.8 Å². The largest absolute Gasteiger partial charge is 0.379 e. The lowest BCUT2D eigenvalue weighted by atomic mass is 10.1. The highest BCUT2D eigenvalue weighted by Gasteiger charge is 2.14. The van der Waals surface area contributed by atoms with Crippen LogP contribution in [0.2, 0.25) is 0 Å². The van der Waals surface area contributed by atoms with E-state index in [1.807, 2.05) is 0 Å². The van der Waals surface area contributed by atoms with Crippen molar-refractivity contribution in [1.29, 1.82) is 0 Å². The molecular weight excluding hydrogens is 326 g/mol. The van der Waals surface area contributed by atoms with Crippen molar-refractivity contribution in [3.05, 3.63) is 45.2 Å². The minimum absolute atomic E-state index is 0.806. The first-order valence-electron chi connectivity index (χ1n) is 7.82. The number of nitrogens with one attached hydrogen (secondary N) is 1. The molecule has 0 radical (unpaired) electrons. The van der Waals surface area contributed by atoms with E-state index < -0.39 is 0 Å². The lowest BCUT2D eigenvalue weighted by molar-refractivity contribution is 0.619. The van der Waals surface area contributed by atoms with Crippen LogP contribution < -0.4 is 5.32 Å². The van der Waals surface area contributed by atoms with Crippen molar-refractivity contribution in [1.82, 2.24) is 9.78 Å². The number of aryl methyl sites for hydroxylation is 4. The fraction of sp³-hybridized carbons (Fsp3) is 0.471. The van der Waals surface area contributed by atoms with E-state index in [1.165, 1.54) is 41.8 Å². The molecule has 1 aromatic carbocycles. The molecule has 2 aromatic rings. The Labute approximate surface area is 134 Å². The third-order valence-electron chi connectivity index (χ3n) is 4.25. The van der Waals surface area contributed by atoms with Crippen molar-refractivity contribution < 1.29 is 0 Å². The van der Waals surface area contributed by atoms with Gasteiger partial charge in [-0.15, -0.1) is 0 Å². The van der Waals surface area contributed by atoms with Gasteiger partial charge in [-0.1, -0.05) is 13.0 Å². The Balaban J connectivity index is 1.77. The summed E-state index contributed by atoms with van der Waals surface area (Å²) in [7, 11) is 0. The van der Waals surface area contributed by atoms with Gasteiger partial charge >= 0.3 is 0 Å². The van der Waals surface area contributed by atoms with Gasteiger partial charge in [-0.3, -0.25) is 4.68 Å². The summed E-state index contributed by atoms with van der Waals surface area (Å²) in [5.41, 5.74) is 6.62. The van der Waals surface area contributed by atoms with Gasteiger partial charge in [0.25, 0.3) is 0 Å². The number of rotatable bonds is 5. The van der Waals surface area contributed by atoms with Gasteiger partial charge in [-0.25, -0.2) is 0 Å². The number of benzene rings is 1. The number of nitrogens with zero attached hydrogens (tertiary/aromatic N) is 2. The van der Waals surface area contributed by atoms with Crippen molar-refractivity contribution in [3.8, 4) is 0 Å². The van der Waals surface area contributed by atoms with Gasteiger partial charge < -0.3 is 5.32 Å². The van der Waals surface area contributed by atoms with Gasteiger partial charge in [0.2, 0.25) is 0 Å². The first-order chi connectivity index (χ1) is 10.2.